The molecule has 0 N–H and O–H groups in total. The molecule has 2 aliphatic carbocycles. The molecular formula is C23H23N3. The van der Waals surface area contributed by atoms with Crippen molar-refractivity contribution in [2.24, 2.45) is 0 Å². The number of hydrogen-bond acceptors (Lipinski definition) is 2. The molecule has 6 rings (SSSR count). The van der Waals surface area contributed by atoms with Gasteiger partial charge in [-0.15, -0.1) is 0 Å². The van der Waals surface area contributed by atoms with Crippen molar-refractivity contribution in [2.45, 2.75) is 57.3 Å². The van der Waals surface area contributed by atoms with Gasteiger partial charge in [-0.1, -0.05) is 26.8 Å². The maximum atomic E-state index is 5.03. The molecule has 2 atom stereocenters. The predicted octanol–water partition coefficient (Wildman–Crippen LogP) is 5.70. The summed E-state index contributed by atoms with van der Waals surface area (Å²) in [7, 11) is 0. The highest BCUT2D eigenvalue weighted by atomic mass is 15.0. The molecule has 2 aliphatic rings. The molecular weight excluding hydrogens is 318 g/mol. The lowest BCUT2D eigenvalue weighted by Gasteiger charge is -2.17. The first kappa shape index (κ1) is 14.7. The van der Waals surface area contributed by atoms with Crippen LogP contribution in [-0.2, 0) is 5.41 Å². The molecule has 26 heavy (non-hydrogen) atoms. The number of hydrogen-bond donors (Lipinski definition) is 0. The molecule has 2 bridgehead atoms. The summed E-state index contributed by atoms with van der Waals surface area (Å²) in [4.78, 5) is 9.74. The van der Waals surface area contributed by atoms with Gasteiger partial charge in [0.1, 0.15) is 5.65 Å². The molecule has 0 radical (unpaired) electrons. The molecule has 3 heteroatoms. The number of rotatable bonds is 0. The Balaban J connectivity index is 1.66. The summed E-state index contributed by atoms with van der Waals surface area (Å²) in [5.41, 5.74) is 7.52. The molecule has 2 unspecified atom stereocenters. The Bertz CT molecular complexity index is 1210. The molecule has 4 aromatic rings. The van der Waals surface area contributed by atoms with E-state index in [-0.39, 0.29) is 5.41 Å². The van der Waals surface area contributed by atoms with E-state index < -0.39 is 0 Å². The topological polar surface area (TPSA) is 30.2 Å². The van der Waals surface area contributed by atoms with Crippen molar-refractivity contribution in [1.82, 2.24) is 14.4 Å². The monoisotopic (exact) mass is 341 g/mol. The summed E-state index contributed by atoms with van der Waals surface area (Å²) >= 11 is 0. The van der Waals surface area contributed by atoms with Crippen molar-refractivity contribution >= 4 is 27.5 Å². The molecule has 0 amide bonds. The molecule has 1 fully saturated rings. The highest BCUT2D eigenvalue weighted by Gasteiger charge is 2.37. The Labute approximate surface area is 153 Å². The van der Waals surface area contributed by atoms with Crippen molar-refractivity contribution in [2.75, 3.05) is 0 Å². The number of nitrogens with zero attached hydrogens (tertiary/aromatic N) is 3. The van der Waals surface area contributed by atoms with Crippen molar-refractivity contribution in [3.05, 3.63) is 53.5 Å². The van der Waals surface area contributed by atoms with Crippen molar-refractivity contribution in [1.29, 1.82) is 0 Å². The minimum absolute atomic E-state index is 0.0338. The summed E-state index contributed by atoms with van der Waals surface area (Å²) < 4.78 is 2.21. The summed E-state index contributed by atoms with van der Waals surface area (Å²) in [6, 6.07) is 9.28. The van der Waals surface area contributed by atoms with Crippen LogP contribution in [0, 0.1) is 0 Å². The minimum atomic E-state index is 0.0338. The fourth-order valence-corrected chi connectivity index (χ4v) is 5.14. The van der Waals surface area contributed by atoms with Gasteiger partial charge in [-0.05, 0) is 65.8 Å². The fraction of sp³-hybridized carbons (Fsp3) is 0.391. The van der Waals surface area contributed by atoms with Crippen LogP contribution in [0.3, 0.4) is 0 Å². The van der Waals surface area contributed by atoms with Gasteiger partial charge in [0.2, 0.25) is 0 Å². The number of imidazole rings is 1. The molecule has 1 aromatic carbocycles. The fourth-order valence-electron chi connectivity index (χ4n) is 5.14. The molecule has 3 heterocycles. The quantitative estimate of drug-likeness (QED) is 0.411. The molecule has 0 spiro atoms. The van der Waals surface area contributed by atoms with Gasteiger partial charge in [-0.3, -0.25) is 9.38 Å². The number of benzene rings is 1. The summed E-state index contributed by atoms with van der Waals surface area (Å²) in [6.07, 6.45) is 8.24. The van der Waals surface area contributed by atoms with Gasteiger partial charge in [-0.25, -0.2) is 4.98 Å². The van der Waals surface area contributed by atoms with Crippen molar-refractivity contribution in [3.63, 3.8) is 0 Å². The predicted molar refractivity (Wildman–Crippen MR) is 106 cm³/mol. The summed E-state index contributed by atoms with van der Waals surface area (Å²) in [5.74, 6) is 1.58. The van der Waals surface area contributed by atoms with Crippen LogP contribution < -0.4 is 0 Å². The highest BCUT2D eigenvalue weighted by Crippen LogP contribution is 2.54. The van der Waals surface area contributed by atoms with Crippen molar-refractivity contribution < 1.29 is 0 Å². The SMILES string of the molecule is CC(C)(C)c1cc2nc3c4cc5c(cc4ccn3c2cn1)C1CCC5C1. The Morgan fingerprint density at radius 2 is 1.81 bits per heavy atom. The zero-order valence-electron chi connectivity index (χ0n) is 15.6. The third-order valence-electron chi connectivity index (χ3n) is 6.56. The van der Waals surface area contributed by atoms with Gasteiger partial charge in [0.25, 0.3) is 0 Å². The first-order valence-corrected chi connectivity index (χ1v) is 9.74. The third-order valence-corrected chi connectivity index (χ3v) is 6.56. The molecule has 3 nitrogen and oxygen atoms in total. The Morgan fingerprint density at radius 1 is 1.04 bits per heavy atom. The van der Waals surface area contributed by atoms with E-state index in [1.165, 1.54) is 30.0 Å². The van der Waals surface area contributed by atoms with E-state index >= 15 is 0 Å². The molecule has 0 saturated heterocycles. The van der Waals surface area contributed by atoms with Crippen LogP contribution in [0.2, 0.25) is 0 Å². The van der Waals surface area contributed by atoms with Gasteiger partial charge < -0.3 is 0 Å². The van der Waals surface area contributed by atoms with Crippen LogP contribution in [0.4, 0.5) is 0 Å². The van der Waals surface area contributed by atoms with E-state index in [1.54, 1.807) is 11.1 Å². The van der Waals surface area contributed by atoms with E-state index in [4.69, 9.17) is 9.97 Å². The third kappa shape index (κ3) is 1.83. The van der Waals surface area contributed by atoms with Crippen LogP contribution in [0.5, 0.6) is 0 Å². The molecule has 3 aromatic heterocycles. The van der Waals surface area contributed by atoms with E-state index in [9.17, 15) is 0 Å². The van der Waals surface area contributed by atoms with E-state index in [1.807, 2.05) is 6.20 Å². The van der Waals surface area contributed by atoms with Gasteiger partial charge >= 0.3 is 0 Å². The number of aromatic nitrogens is 3. The van der Waals surface area contributed by atoms with Crippen LogP contribution in [-0.4, -0.2) is 14.4 Å². The van der Waals surface area contributed by atoms with E-state index in [0.717, 1.165) is 34.2 Å². The van der Waals surface area contributed by atoms with Crippen LogP contribution in [0.1, 0.15) is 68.7 Å². The minimum Gasteiger partial charge on any atom is -0.298 e. The summed E-state index contributed by atoms with van der Waals surface area (Å²) in [6.45, 7) is 6.60. The zero-order valence-corrected chi connectivity index (χ0v) is 15.6. The largest absolute Gasteiger partial charge is 0.298 e. The summed E-state index contributed by atoms with van der Waals surface area (Å²) in [5, 5.41) is 2.61. The normalized spacial score (nSPS) is 22.0. The second-order valence-corrected chi connectivity index (χ2v) is 9.20. The lowest BCUT2D eigenvalue weighted by molar-refractivity contribution is 0.570. The van der Waals surface area contributed by atoms with E-state index in [2.05, 4.69) is 55.6 Å². The Kier molecular flexibility index (Phi) is 2.63. The first-order chi connectivity index (χ1) is 12.5. The average molecular weight is 341 g/mol. The lowest BCUT2D eigenvalue weighted by Crippen LogP contribution is -2.13. The number of pyridine rings is 2. The molecule has 130 valence electrons. The van der Waals surface area contributed by atoms with Crippen molar-refractivity contribution in [3.8, 4) is 0 Å². The molecule has 0 aliphatic heterocycles. The number of fused-ring (bicyclic) bond motifs is 10. The second kappa shape index (κ2) is 4.64. The molecule has 1 saturated carbocycles. The van der Waals surface area contributed by atoms with Gasteiger partial charge in [0.15, 0.2) is 0 Å². The highest BCUT2D eigenvalue weighted by molar-refractivity contribution is 5.99. The van der Waals surface area contributed by atoms with Gasteiger partial charge in [-0.2, -0.15) is 0 Å². The standard InChI is InChI=1S/C23H23N3/c1-23(2,3)21-11-19-20(12-24-21)26-7-6-15-9-16-13-4-5-14(8-13)17(16)10-18(15)22(26)25-19/h6-7,9-14H,4-5,8H2,1-3H3. The Morgan fingerprint density at radius 3 is 2.58 bits per heavy atom. The first-order valence-electron chi connectivity index (χ1n) is 9.74. The average Bonchev–Trinajstić information content (AvgIpc) is 3.31. The zero-order chi connectivity index (χ0) is 17.6. The van der Waals surface area contributed by atoms with E-state index in [0.29, 0.717) is 0 Å². The van der Waals surface area contributed by atoms with Gasteiger partial charge in [0.05, 0.1) is 17.2 Å². The smallest absolute Gasteiger partial charge is 0.145 e. The van der Waals surface area contributed by atoms with Crippen LogP contribution in [0.15, 0.2) is 36.7 Å². The van der Waals surface area contributed by atoms with Gasteiger partial charge in [0, 0.05) is 22.7 Å². The second-order valence-electron chi connectivity index (χ2n) is 9.20. The maximum Gasteiger partial charge on any atom is 0.145 e. The maximum absolute atomic E-state index is 5.03. The Hall–Kier alpha value is -2.42. The lowest BCUT2D eigenvalue weighted by atomic mass is 9.90. The van der Waals surface area contributed by atoms with Crippen LogP contribution >= 0.6 is 0 Å². The van der Waals surface area contributed by atoms with Crippen LogP contribution in [0.25, 0.3) is 27.5 Å².